The average Bonchev–Trinajstić information content (AvgIpc) is 2.70. The second-order valence-electron chi connectivity index (χ2n) is 5.06. The molecule has 4 nitrogen and oxygen atoms in total. The minimum atomic E-state index is -0.681. The molecule has 0 aliphatic heterocycles. The number of aliphatic hydroxyl groups is 1. The van der Waals surface area contributed by atoms with Crippen molar-refractivity contribution in [2.45, 2.75) is 26.5 Å². The van der Waals surface area contributed by atoms with Gasteiger partial charge in [0.25, 0.3) is 0 Å². The molecule has 0 fully saturated rings. The number of aliphatic hydroxyl groups excluding tert-OH is 1. The highest BCUT2D eigenvalue weighted by atomic mass is 35.5. The van der Waals surface area contributed by atoms with Crippen LogP contribution >= 0.6 is 22.9 Å². The Labute approximate surface area is 127 Å². The second kappa shape index (κ2) is 6.52. The van der Waals surface area contributed by atoms with E-state index < -0.39 is 6.23 Å². The zero-order valence-corrected chi connectivity index (χ0v) is 13.3. The monoisotopic (exact) mass is 311 g/mol. The first kappa shape index (κ1) is 15.2. The summed E-state index contributed by atoms with van der Waals surface area (Å²) in [6.07, 6.45) is -0.0338. The number of hydrogen-bond donors (Lipinski definition) is 1. The van der Waals surface area contributed by atoms with E-state index in [-0.39, 0.29) is 0 Å². The predicted octanol–water partition coefficient (Wildman–Crippen LogP) is 3.07. The summed E-state index contributed by atoms with van der Waals surface area (Å²) in [5.74, 6) is 0.405. The lowest BCUT2D eigenvalue weighted by Gasteiger charge is -2.06. The molecule has 2 rings (SSSR count). The second-order valence-corrected chi connectivity index (χ2v) is 6.45. The van der Waals surface area contributed by atoms with E-state index in [9.17, 15) is 5.11 Å². The molecular weight excluding hydrogens is 294 g/mol. The number of hydrogen-bond acceptors (Lipinski definition) is 4. The summed E-state index contributed by atoms with van der Waals surface area (Å²) < 4.78 is 1.69. The van der Waals surface area contributed by atoms with Gasteiger partial charge < -0.3 is 5.11 Å². The summed E-state index contributed by atoms with van der Waals surface area (Å²) in [7, 11) is 1.83. The van der Waals surface area contributed by atoms with Crippen LogP contribution in [0.1, 0.15) is 20.3 Å². The first-order chi connectivity index (χ1) is 9.45. The van der Waals surface area contributed by atoms with E-state index in [1.807, 2.05) is 31.3 Å². The molecule has 0 aliphatic rings. The van der Waals surface area contributed by atoms with Gasteiger partial charge in [0.05, 0.1) is 0 Å². The third kappa shape index (κ3) is 3.91. The smallest absolute Gasteiger partial charge is 0.205 e. The highest BCUT2D eigenvalue weighted by Gasteiger charge is 2.08. The molecule has 6 heteroatoms. The molecule has 0 aliphatic carbocycles. The lowest BCUT2D eigenvalue weighted by molar-refractivity contribution is 0.153. The van der Waals surface area contributed by atoms with E-state index in [2.05, 4.69) is 23.9 Å². The summed E-state index contributed by atoms with van der Waals surface area (Å²) in [6, 6.07) is 7.52. The van der Waals surface area contributed by atoms with Gasteiger partial charge in [-0.25, -0.2) is 9.67 Å². The molecule has 1 unspecified atom stereocenters. The van der Waals surface area contributed by atoms with Crippen LogP contribution in [0.25, 0.3) is 10.6 Å². The van der Waals surface area contributed by atoms with Crippen molar-refractivity contribution in [1.29, 1.82) is 0 Å². The van der Waals surface area contributed by atoms with Gasteiger partial charge in [0, 0.05) is 17.6 Å². The fraction of sp³-hybridized carbons (Fsp3) is 0.429. The van der Waals surface area contributed by atoms with E-state index in [1.165, 1.54) is 11.3 Å². The molecule has 0 radical (unpaired) electrons. The van der Waals surface area contributed by atoms with Crippen LogP contribution in [0, 0.1) is 5.92 Å². The normalized spacial score (nSPS) is 14.0. The van der Waals surface area contributed by atoms with Crippen molar-refractivity contribution >= 4 is 22.9 Å². The molecule has 2 aromatic rings. The Kier molecular flexibility index (Phi) is 4.96. The van der Waals surface area contributed by atoms with Gasteiger partial charge >= 0.3 is 0 Å². The van der Waals surface area contributed by atoms with Crippen molar-refractivity contribution in [1.82, 2.24) is 9.78 Å². The highest BCUT2D eigenvalue weighted by molar-refractivity contribution is 7.12. The fourth-order valence-electron chi connectivity index (χ4n) is 1.77. The third-order valence-electron chi connectivity index (χ3n) is 2.74. The topological polar surface area (TPSA) is 50.4 Å². The maximum absolute atomic E-state index is 9.90. The summed E-state index contributed by atoms with van der Waals surface area (Å²) >= 11 is 7.34. The Bertz CT molecular complexity index is 631. The van der Waals surface area contributed by atoms with Gasteiger partial charge in [0.1, 0.15) is 11.2 Å². The minimum Gasteiger partial charge on any atom is -0.372 e. The lowest BCUT2D eigenvalue weighted by Crippen LogP contribution is -2.18. The zero-order chi connectivity index (χ0) is 14.7. The summed E-state index contributed by atoms with van der Waals surface area (Å²) in [5.41, 5.74) is 0.995. The molecule has 0 bridgehead atoms. The molecule has 108 valence electrons. The van der Waals surface area contributed by atoms with Crippen LogP contribution in [-0.2, 0) is 7.05 Å². The standard InChI is InChI=1S/C14H18ClN3OS/c1-9(2)8-12(19)16-14-18(3)17-13(20-14)10-4-6-11(15)7-5-10/h4-7,9,12,19H,8H2,1-3H3/b16-14-. The van der Waals surface area contributed by atoms with Crippen molar-refractivity contribution in [3.05, 3.63) is 34.1 Å². The van der Waals surface area contributed by atoms with Gasteiger partial charge in [0.15, 0.2) is 0 Å². The minimum absolute atomic E-state index is 0.405. The Morgan fingerprint density at radius 1 is 1.35 bits per heavy atom. The van der Waals surface area contributed by atoms with E-state index in [0.717, 1.165) is 10.6 Å². The van der Waals surface area contributed by atoms with Crippen LogP contribution in [0.2, 0.25) is 5.02 Å². The maximum atomic E-state index is 9.90. The van der Waals surface area contributed by atoms with Gasteiger partial charge in [-0.3, -0.25) is 0 Å². The Hall–Kier alpha value is -1.17. The lowest BCUT2D eigenvalue weighted by atomic mass is 10.1. The molecular formula is C14H18ClN3OS. The first-order valence-corrected chi connectivity index (χ1v) is 7.67. The van der Waals surface area contributed by atoms with Crippen LogP contribution in [0.3, 0.4) is 0 Å². The average molecular weight is 312 g/mol. The summed E-state index contributed by atoms with van der Waals surface area (Å²) in [6.45, 7) is 4.12. The Morgan fingerprint density at radius 2 is 2.00 bits per heavy atom. The van der Waals surface area contributed by atoms with E-state index in [1.54, 1.807) is 4.68 Å². The van der Waals surface area contributed by atoms with Crippen molar-refractivity contribution in [2.75, 3.05) is 0 Å². The fourth-order valence-corrected chi connectivity index (χ4v) is 2.84. The van der Waals surface area contributed by atoms with Crippen molar-refractivity contribution in [3.63, 3.8) is 0 Å². The number of nitrogens with zero attached hydrogens (tertiary/aromatic N) is 3. The number of benzene rings is 1. The number of halogens is 1. The molecule has 0 amide bonds. The summed E-state index contributed by atoms with van der Waals surface area (Å²) in [4.78, 5) is 5.02. The van der Waals surface area contributed by atoms with E-state index in [0.29, 0.717) is 22.2 Å². The predicted molar refractivity (Wildman–Crippen MR) is 82.6 cm³/mol. The molecule has 1 N–H and O–H groups in total. The first-order valence-electron chi connectivity index (χ1n) is 6.47. The van der Waals surface area contributed by atoms with Crippen molar-refractivity contribution < 1.29 is 5.11 Å². The Balaban J connectivity index is 2.29. The number of rotatable bonds is 4. The molecule has 1 aromatic carbocycles. The highest BCUT2D eigenvalue weighted by Crippen LogP contribution is 2.21. The van der Waals surface area contributed by atoms with Crippen molar-refractivity contribution in [2.24, 2.45) is 18.0 Å². The molecule has 1 atom stereocenters. The molecule has 0 spiro atoms. The van der Waals surface area contributed by atoms with Gasteiger partial charge in [0.2, 0.25) is 4.80 Å². The summed E-state index contributed by atoms with van der Waals surface area (Å²) in [5, 5.41) is 15.9. The third-order valence-corrected chi connectivity index (χ3v) is 4.05. The van der Waals surface area contributed by atoms with Crippen LogP contribution in [0.15, 0.2) is 29.3 Å². The largest absolute Gasteiger partial charge is 0.372 e. The Morgan fingerprint density at radius 3 is 2.60 bits per heavy atom. The molecule has 20 heavy (non-hydrogen) atoms. The maximum Gasteiger partial charge on any atom is 0.205 e. The molecule has 1 heterocycles. The zero-order valence-electron chi connectivity index (χ0n) is 11.7. The van der Waals surface area contributed by atoms with Gasteiger partial charge in [-0.2, -0.15) is 5.10 Å². The van der Waals surface area contributed by atoms with Crippen LogP contribution in [0.5, 0.6) is 0 Å². The SMILES string of the molecule is CC(C)CC(O)/N=c1\sc(-c2ccc(Cl)cc2)nn1C. The number of aryl methyl sites for hydroxylation is 1. The molecule has 0 saturated carbocycles. The van der Waals surface area contributed by atoms with Crippen LogP contribution in [-0.4, -0.2) is 21.1 Å². The van der Waals surface area contributed by atoms with Crippen LogP contribution in [0.4, 0.5) is 0 Å². The van der Waals surface area contributed by atoms with Crippen molar-refractivity contribution in [3.8, 4) is 10.6 Å². The van der Waals surface area contributed by atoms with Gasteiger partial charge in [-0.05, 0) is 24.5 Å². The molecule has 1 aromatic heterocycles. The van der Waals surface area contributed by atoms with E-state index >= 15 is 0 Å². The van der Waals surface area contributed by atoms with Gasteiger partial charge in [-0.15, -0.1) is 0 Å². The quantitative estimate of drug-likeness (QED) is 0.943. The van der Waals surface area contributed by atoms with Gasteiger partial charge in [-0.1, -0.05) is 48.9 Å². The molecule has 0 saturated heterocycles. The van der Waals surface area contributed by atoms with E-state index in [4.69, 9.17) is 11.6 Å². The van der Waals surface area contributed by atoms with Crippen LogP contribution < -0.4 is 4.80 Å². The number of aromatic nitrogens is 2.